The molecule has 0 fully saturated rings. The van der Waals surface area contributed by atoms with E-state index in [4.69, 9.17) is 0 Å². The minimum Gasteiger partial charge on any atom is -0.469 e. The molecule has 0 radical (unpaired) electrons. The van der Waals surface area contributed by atoms with E-state index in [2.05, 4.69) is 4.74 Å². The smallest absolute Gasteiger partial charge is 0.310 e. The number of aryl methyl sites for hydroxylation is 1. The fourth-order valence-corrected chi connectivity index (χ4v) is 2.92. The summed E-state index contributed by atoms with van der Waals surface area (Å²) in [5.41, 5.74) is 0.986. The highest BCUT2D eigenvalue weighted by molar-refractivity contribution is 6.14. The molecule has 2 aromatic carbocycles. The van der Waals surface area contributed by atoms with Crippen molar-refractivity contribution in [3.63, 3.8) is 0 Å². The first-order valence-corrected chi connectivity index (χ1v) is 7.93. The van der Waals surface area contributed by atoms with Gasteiger partial charge in [-0.1, -0.05) is 48.0 Å². The molecular weight excluding hydrogens is 318 g/mol. The molecule has 128 valence electrons. The second-order valence-electron chi connectivity index (χ2n) is 6.00. The van der Waals surface area contributed by atoms with Gasteiger partial charge in [0.2, 0.25) is 11.5 Å². The van der Waals surface area contributed by atoms with Crippen LogP contribution in [0.3, 0.4) is 0 Å². The highest BCUT2D eigenvalue weighted by atomic mass is 16.5. The van der Waals surface area contributed by atoms with Gasteiger partial charge >= 0.3 is 5.97 Å². The Kier molecular flexibility index (Phi) is 4.42. The first-order valence-electron chi connectivity index (χ1n) is 7.93. The lowest BCUT2D eigenvalue weighted by atomic mass is 10.0. The van der Waals surface area contributed by atoms with Crippen LogP contribution in [0.1, 0.15) is 17.5 Å². The zero-order valence-electron chi connectivity index (χ0n) is 14.1. The van der Waals surface area contributed by atoms with E-state index in [1.807, 2.05) is 61.5 Å². The van der Waals surface area contributed by atoms with Crippen molar-refractivity contribution in [2.75, 3.05) is 12.0 Å². The van der Waals surface area contributed by atoms with Gasteiger partial charge in [0.15, 0.2) is 0 Å². The van der Waals surface area contributed by atoms with Gasteiger partial charge in [0.25, 0.3) is 0 Å². The average molecular weight is 337 g/mol. The Bertz CT molecular complexity index is 827. The zero-order chi connectivity index (χ0) is 18.0. The fraction of sp³-hybridized carbons (Fsp3) is 0.200. The molecule has 0 saturated carbocycles. The van der Waals surface area contributed by atoms with Crippen LogP contribution in [0.25, 0.3) is 5.70 Å². The average Bonchev–Trinajstić information content (AvgIpc) is 2.87. The molecule has 5 heteroatoms. The second kappa shape index (κ2) is 6.53. The number of esters is 1. The summed E-state index contributed by atoms with van der Waals surface area (Å²) in [6.45, 7) is 1.95. The molecule has 0 aliphatic carbocycles. The Hall–Kier alpha value is -2.92. The lowest BCUT2D eigenvalue weighted by Crippen LogP contribution is -2.51. The van der Waals surface area contributed by atoms with E-state index in [9.17, 15) is 14.7 Å². The highest BCUT2D eigenvalue weighted by Gasteiger charge is 2.50. The Morgan fingerprint density at radius 1 is 1.12 bits per heavy atom. The molecule has 3 rings (SSSR count). The van der Waals surface area contributed by atoms with Crippen molar-refractivity contribution in [3.05, 3.63) is 71.8 Å². The van der Waals surface area contributed by atoms with Gasteiger partial charge in [0.1, 0.15) is 6.42 Å². The van der Waals surface area contributed by atoms with E-state index >= 15 is 0 Å². The molecule has 1 N–H and O–H groups in total. The largest absolute Gasteiger partial charge is 0.469 e. The van der Waals surface area contributed by atoms with Gasteiger partial charge in [-0.2, -0.15) is 0 Å². The predicted octanol–water partition coefficient (Wildman–Crippen LogP) is 2.68. The van der Waals surface area contributed by atoms with Crippen LogP contribution in [-0.4, -0.2) is 29.7 Å². The molecule has 5 nitrogen and oxygen atoms in total. The van der Waals surface area contributed by atoms with Crippen molar-refractivity contribution >= 4 is 23.1 Å². The van der Waals surface area contributed by atoms with Gasteiger partial charge in [-0.15, -0.1) is 0 Å². The Morgan fingerprint density at radius 3 is 2.36 bits per heavy atom. The molecule has 25 heavy (non-hydrogen) atoms. The lowest BCUT2D eigenvalue weighted by Gasteiger charge is -2.35. The molecule has 0 bridgehead atoms. The molecule has 1 aliphatic rings. The number of benzene rings is 2. The number of aliphatic hydroxyl groups is 1. The van der Waals surface area contributed by atoms with Crippen LogP contribution >= 0.6 is 0 Å². The molecule has 0 aromatic heterocycles. The first kappa shape index (κ1) is 16.9. The number of nitrogens with zero attached hydrogens (tertiary/aromatic N) is 1. The van der Waals surface area contributed by atoms with E-state index in [1.54, 1.807) is 0 Å². The summed E-state index contributed by atoms with van der Waals surface area (Å²) in [7, 11) is 1.23. The standard InChI is InChI=1S/C20H19NO4/c1-14-8-10-16(11-9-14)21-17(15-6-4-3-5-7-15)12-18(22)20(21,24)13-19(23)25-2/h3-12,24H,13H2,1-2H3/t20-/m1/s1. The second-order valence-corrected chi connectivity index (χ2v) is 6.00. The highest BCUT2D eigenvalue weighted by Crippen LogP contribution is 2.40. The van der Waals surface area contributed by atoms with E-state index in [-0.39, 0.29) is 0 Å². The van der Waals surface area contributed by atoms with Gasteiger partial charge in [-0.25, -0.2) is 0 Å². The van der Waals surface area contributed by atoms with Crippen LogP contribution in [0.2, 0.25) is 0 Å². The van der Waals surface area contributed by atoms with Crippen molar-refractivity contribution in [1.29, 1.82) is 0 Å². The normalized spacial score (nSPS) is 19.7. The number of carbonyl (C=O) groups is 2. The van der Waals surface area contributed by atoms with E-state index < -0.39 is 23.9 Å². The van der Waals surface area contributed by atoms with Gasteiger partial charge < -0.3 is 14.7 Å². The molecule has 1 heterocycles. The van der Waals surface area contributed by atoms with Crippen molar-refractivity contribution < 1.29 is 19.4 Å². The Morgan fingerprint density at radius 2 is 1.76 bits per heavy atom. The maximum absolute atomic E-state index is 12.6. The van der Waals surface area contributed by atoms with Crippen molar-refractivity contribution in [2.45, 2.75) is 19.1 Å². The number of hydrogen-bond acceptors (Lipinski definition) is 5. The molecule has 1 atom stereocenters. The number of hydrogen-bond donors (Lipinski definition) is 1. The minimum atomic E-state index is -2.01. The van der Waals surface area contributed by atoms with Gasteiger partial charge in [-0.05, 0) is 24.6 Å². The van der Waals surface area contributed by atoms with Crippen LogP contribution in [0, 0.1) is 6.92 Å². The molecule has 0 saturated heterocycles. The van der Waals surface area contributed by atoms with Gasteiger partial charge in [0.05, 0.1) is 12.8 Å². The van der Waals surface area contributed by atoms with Crippen LogP contribution in [0.15, 0.2) is 60.7 Å². The fourth-order valence-electron chi connectivity index (χ4n) is 2.92. The molecular formula is C20H19NO4. The first-order chi connectivity index (χ1) is 12.0. The Labute approximate surface area is 146 Å². The summed E-state index contributed by atoms with van der Waals surface area (Å²) in [6.07, 6.45) is 0.918. The quantitative estimate of drug-likeness (QED) is 0.869. The number of ether oxygens (including phenoxy) is 1. The molecule has 1 aliphatic heterocycles. The van der Waals surface area contributed by atoms with Crippen LogP contribution < -0.4 is 4.90 Å². The third-order valence-corrected chi connectivity index (χ3v) is 4.25. The third kappa shape index (κ3) is 3.06. The molecule has 2 aromatic rings. The maximum atomic E-state index is 12.6. The van der Waals surface area contributed by atoms with Crippen LogP contribution in [0.5, 0.6) is 0 Å². The number of rotatable bonds is 4. The summed E-state index contributed by atoms with van der Waals surface area (Å²) < 4.78 is 4.67. The summed E-state index contributed by atoms with van der Waals surface area (Å²) in [4.78, 5) is 25.9. The zero-order valence-corrected chi connectivity index (χ0v) is 14.1. The number of methoxy groups -OCH3 is 1. The minimum absolute atomic E-state index is 0.455. The van der Waals surface area contributed by atoms with Gasteiger partial charge in [0, 0.05) is 11.8 Å². The SMILES string of the molecule is COC(=O)C[C@@]1(O)C(=O)C=C(c2ccccc2)N1c1ccc(C)cc1. The van der Waals surface area contributed by atoms with Crippen LogP contribution in [-0.2, 0) is 14.3 Å². The summed E-state index contributed by atoms with van der Waals surface area (Å²) in [5.74, 6) is -1.20. The van der Waals surface area contributed by atoms with Crippen molar-refractivity contribution in [3.8, 4) is 0 Å². The van der Waals surface area contributed by atoms with Crippen molar-refractivity contribution in [2.24, 2.45) is 0 Å². The predicted molar refractivity (Wildman–Crippen MR) is 94.7 cm³/mol. The summed E-state index contributed by atoms with van der Waals surface area (Å²) >= 11 is 0. The molecule has 0 spiro atoms. The van der Waals surface area contributed by atoms with E-state index in [1.165, 1.54) is 18.1 Å². The van der Waals surface area contributed by atoms with Crippen molar-refractivity contribution in [1.82, 2.24) is 0 Å². The van der Waals surface area contributed by atoms with Crippen LogP contribution in [0.4, 0.5) is 5.69 Å². The number of ketones is 1. The van der Waals surface area contributed by atoms with E-state index in [0.29, 0.717) is 11.4 Å². The molecule has 0 unspecified atom stereocenters. The topological polar surface area (TPSA) is 66.8 Å². The maximum Gasteiger partial charge on any atom is 0.310 e. The molecule has 0 amide bonds. The monoisotopic (exact) mass is 337 g/mol. The summed E-state index contributed by atoms with van der Waals surface area (Å²) in [5, 5.41) is 11.1. The Balaban J connectivity index is 2.12. The van der Waals surface area contributed by atoms with Gasteiger partial charge in [-0.3, -0.25) is 9.59 Å². The number of anilines is 1. The third-order valence-electron chi connectivity index (χ3n) is 4.25. The number of carbonyl (C=O) groups excluding carboxylic acids is 2. The van der Waals surface area contributed by atoms with E-state index in [0.717, 1.165) is 11.1 Å². The summed E-state index contributed by atoms with van der Waals surface area (Å²) in [6, 6.07) is 16.7. The lowest BCUT2D eigenvalue weighted by molar-refractivity contribution is -0.150.